The molecular weight excluding hydrogens is 186 g/mol. The van der Waals surface area contributed by atoms with Crippen molar-refractivity contribution in [2.45, 2.75) is 0 Å². The molecule has 11 heavy (non-hydrogen) atoms. The second-order valence-electron chi connectivity index (χ2n) is 1.86. The van der Waals surface area contributed by atoms with Gasteiger partial charge in [0.25, 0.3) is 5.56 Å². The summed E-state index contributed by atoms with van der Waals surface area (Å²) >= 11 is 6.78. The van der Waals surface area contributed by atoms with Crippen LogP contribution in [0.15, 0.2) is 10.3 Å². The van der Waals surface area contributed by atoms with Gasteiger partial charge in [-0.1, -0.05) is 0 Å². The molecule has 0 aliphatic rings. The van der Waals surface area contributed by atoms with Gasteiger partial charge >= 0.3 is 0 Å². The van der Waals surface area contributed by atoms with Crippen LogP contribution < -0.4 is 5.56 Å². The van der Waals surface area contributed by atoms with Gasteiger partial charge in [-0.2, -0.15) is 0 Å². The standard InChI is InChI=1S/C5H2ClN3OS/c6-5-8-3(10)2-4(9-5)11-1-7-2/h1H,(H,8,9,10). The van der Waals surface area contributed by atoms with Crippen molar-refractivity contribution in [2.75, 3.05) is 0 Å². The summed E-state index contributed by atoms with van der Waals surface area (Å²) in [7, 11) is 0. The molecule has 1 N–H and O–H groups in total. The number of thiazole rings is 1. The molecule has 2 aromatic heterocycles. The summed E-state index contributed by atoms with van der Waals surface area (Å²) in [5.74, 6) is 0. The van der Waals surface area contributed by atoms with E-state index in [4.69, 9.17) is 11.6 Å². The molecule has 0 fully saturated rings. The minimum Gasteiger partial charge on any atom is -0.295 e. The Kier molecular flexibility index (Phi) is 1.40. The number of hydrogen-bond donors (Lipinski definition) is 1. The van der Waals surface area contributed by atoms with E-state index >= 15 is 0 Å². The van der Waals surface area contributed by atoms with Crippen LogP contribution in [0.4, 0.5) is 0 Å². The molecule has 6 heteroatoms. The summed E-state index contributed by atoms with van der Waals surface area (Å²) in [6, 6.07) is 0. The number of nitrogens with one attached hydrogen (secondary N) is 1. The highest BCUT2D eigenvalue weighted by Gasteiger charge is 2.03. The summed E-state index contributed by atoms with van der Waals surface area (Å²) in [5, 5.41) is 0.103. The third kappa shape index (κ3) is 1.02. The van der Waals surface area contributed by atoms with Crippen LogP contribution in [0.25, 0.3) is 10.3 Å². The summed E-state index contributed by atoms with van der Waals surface area (Å²) in [6.45, 7) is 0. The van der Waals surface area contributed by atoms with Crippen LogP contribution in [0.1, 0.15) is 0 Å². The third-order valence-corrected chi connectivity index (χ3v) is 2.08. The topological polar surface area (TPSA) is 58.6 Å². The summed E-state index contributed by atoms with van der Waals surface area (Å²) in [6.07, 6.45) is 0. The Hall–Kier alpha value is -0.940. The molecule has 2 heterocycles. The van der Waals surface area contributed by atoms with E-state index in [1.54, 1.807) is 5.51 Å². The van der Waals surface area contributed by atoms with Crippen molar-refractivity contribution in [3.63, 3.8) is 0 Å². The molecule has 0 aromatic carbocycles. The van der Waals surface area contributed by atoms with Crippen molar-refractivity contribution < 1.29 is 0 Å². The number of H-pyrrole nitrogens is 1. The molecule has 4 nitrogen and oxygen atoms in total. The van der Waals surface area contributed by atoms with Crippen LogP contribution >= 0.6 is 22.9 Å². The third-order valence-electron chi connectivity index (χ3n) is 1.18. The van der Waals surface area contributed by atoms with Gasteiger partial charge in [-0.25, -0.2) is 9.97 Å². The zero-order chi connectivity index (χ0) is 7.84. The number of halogens is 1. The number of hydrogen-bond acceptors (Lipinski definition) is 4. The van der Waals surface area contributed by atoms with Gasteiger partial charge in [0.05, 0.1) is 5.51 Å². The molecule has 0 saturated carbocycles. The first-order valence-electron chi connectivity index (χ1n) is 2.76. The lowest BCUT2D eigenvalue weighted by molar-refractivity contribution is 1.17. The fourth-order valence-corrected chi connectivity index (χ4v) is 1.62. The lowest BCUT2D eigenvalue weighted by Crippen LogP contribution is -2.06. The first kappa shape index (κ1) is 6.75. The van der Waals surface area contributed by atoms with E-state index < -0.39 is 0 Å². The van der Waals surface area contributed by atoms with Crippen molar-refractivity contribution in [3.05, 3.63) is 21.1 Å². The molecule has 0 radical (unpaired) electrons. The maximum atomic E-state index is 11.0. The molecule has 2 rings (SSSR count). The second-order valence-corrected chi connectivity index (χ2v) is 3.05. The maximum absolute atomic E-state index is 11.0. The van der Waals surface area contributed by atoms with Crippen molar-refractivity contribution >= 4 is 33.3 Å². The van der Waals surface area contributed by atoms with Gasteiger partial charge in [0.15, 0.2) is 10.3 Å². The minimum atomic E-state index is -0.291. The zero-order valence-electron chi connectivity index (χ0n) is 5.17. The quantitative estimate of drug-likeness (QED) is 0.627. The first-order valence-corrected chi connectivity index (χ1v) is 4.02. The van der Waals surface area contributed by atoms with Gasteiger partial charge < -0.3 is 0 Å². The molecule has 0 bridgehead atoms. The SMILES string of the molecule is O=c1[nH]c(Cl)nc2scnc12. The number of nitrogens with zero attached hydrogens (tertiary/aromatic N) is 2. The molecule has 0 saturated heterocycles. The van der Waals surface area contributed by atoms with Crippen LogP contribution in [0.5, 0.6) is 0 Å². The monoisotopic (exact) mass is 187 g/mol. The van der Waals surface area contributed by atoms with E-state index in [0.29, 0.717) is 10.3 Å². The van der Waals surface area contributed by atoms with Crippen LogP contribution in [0.3, 0.4) is 0 Å². The van der Waals surface area contributed by atoms with Crippen molar-refractivity contribution in [3.8, 4) is 0 Å². The minimum absolute atomic E-state index is 0.103. The number of aromatic amines is 1. The van der Waals surface area contributed by atoms with E-state index in [1.807, 2.05) is 0 Å². The fraction of sp³-hybridized carbons (Fsp3) is 0. The molecule has 0 unspecified atom stereocenters. The number of aromatic nitrogens is 3. The second kappa shape index (κ2) is 2.28. The Balaban J connectivity index is 3.02. The lowest BCUT2D eigenvalue weighted by Gasteiger charge is -1.86. The van der Waals surface area contributed by atoms with Gasteiger partial charge in [0.2, 0.25) is 5.28 Å². The van der Waals surface area contributed by atoms with Crippen LogP contribution in [0.2, 0.25) is 5.28 Å². The van der Waals surface area contributed by atoms with Crippen molar-refractivity contribution in [1.82, 2.24) is 15.0 Å². The average molecular weight is 188 g/mol. The van der Waals surface area contributed by atoms with Gasteiger partial charge in [0, 0.05) is 0 Å². The highest BCUT2D eigenvalue weighted by Crippen LogP contribution is 2.11. The highest BCUT2D eigenvalue weighted by atomic mass is 35.5. The molecular formula is C5H2ClN3OS. The van der Waals surface area contributed by atoms with Crippen molar-refractivity contribution in [1.29, 1.82) is 0 Å². The zero-order valence-corrected chi connectivity index (χ0v) is 6.74. The van der Waals surface area contributed by atoms with Gasteiger partial charge in [-0.15, -0.1) is 11.3 Å². The molecule has 0 atom stereocenters. The first-order chi connectivity index (χ1) is 5.27. The molecule has 0 aliphatic heterocycles. The Labute approximate surface area is 69.9 Å². The van der Waals surface area contributed by atoms with E-state index in [0.717, 1.165) is 0 Å². The molecule has 0 spiro atoms. The number of rotatable bonds is 0. The summed E-state index contributed by atoms with van der Waals surface area (Å²) in [5.41, 5.74) is 1.61. The fourth-order valence-electron chi connectivity index (χ4n) is 0.745. The molecule has 2 aromatic rings. The van der Waals surface area contributed by atoms with Crippen LogP contribution in [0, 0.1) is 0 Å². The summed E-state index contributed by atoms with van der Waals surface area (Å²) in [4.78, 5) is 21.6. The van der Waals surface area contributed by atoms with Gasteiger partial charge in [-0.3, -0.25) is 9.78 Å². The van der Waals surface area contributed by atoms with Gasteiger partial charge in [-0.05, 0) is 11.6 Å². The Morgan fingerprint density at radius 2 is 2.45 bits per heavy atom. The Bertz CT molecular complexity index is 448. The van der Waals surface area contributed by atoms with Crippen molar-refractivity contribution in [2.24, 2.45) is 0 Å². The van der Waals surface area contributed by atoms with E-state index in [1.165, 1.54) is 11.3 Å². The molecule has 0 aliphatic carbocycles. The van der Waals surface area contributed by atoms with Gasteiger partial charge in [0.1, 0.15) is 0 Å². The smallest absolute Gasteiger partial charge is 0.279 e. The Morgan fingerprint density at radius 3 is 3.27 bits per heavy atom. The predicted molar refractivity (Wildman–Crippen MR) is 43.0 cm³/mol. The van der Waals surface area contributed by atoms with Crippen LogP contribution in [-0.2, 0) is 0 Å². The maximum Gasteiger partial charge on any atom is 0.279 e. The molecule has 56 valence electrons. The van der Waals surface area contributed by atoms with E-state index in [-0.39, 0.29) is 10.8 Å². The Morgan fingerprint density at radius 1 is 1.64 bits per heavy atom. The molecule has 0 amide bonds. The van der Waals surface area contributed by atoms with E-state index in [2.05, 4.69) is 15.0 Å². The average Bonchev–Trinajstić information content (AvgIpc) is 2.34. The highest BCUT2D eigenvalue weighted by molar-refractivity contribution is 7.16. The number of fused-ring (bicyclic) bond motifs is 1. The predicted octanol–water partition coefficient (Wildman–Crippen LogP) is 1.03. The lowest BCUT2D eigenvalue weighted by atomic mass is 10.6. The summed E-state index contributed by atoms with van der Waals surface area (Å²) < 4.78 is 0. The largest absolute Gasteiger partial charge is 0.295 e. The van der Waals surface area contributed by atoms with Crippen LogP contribution in [-0.4, -0.2) is 15.0 Å². The van der Waals surface area contributed by atoms with E-state index in [9.17, 15) is 4.79 Å². The normalized spacial score (nSPS) is 10.6.